The molecule has 0 aliphatic carbocycles. The van der Waals surface area contributed by atoms with Gasteiger partial charge in [-0.25, -0.2) is 28.1 Å². The van der Waals surface area contributed by atoms with Gasteiger partial charge in [-0.05, 0) is 42.4 Å². The number of hydrogen-bond acceptors (Lipinski definition) is 4. The van der Waals surface area contributed by atoms with Crippen LogP contribution in [0.3, 0.4) is 0 Å². The minimum absolute atomic E-state index is 0.0268. The van der Waals surface area contributed by atoms with Gasteiger partial charge in [-0.3, -0.25) is 0 Å². The summed E-state index contributed by atoms with van der Waals surface area (Å²) in [4.78, 5) is 14.5. The van der Waals surface area contributed by atoms with E-state index in [0.717, 1.165) is 37.4 Å². The molecular weight excluding hydrogens is 463 g/mol. The van der Waals surface area contributed by atoms with Crippen molar-refractivity contribution in [3.63, 3.8) is 0 Å². The van der Waals surface area contributed by atoms with Crippen molar-refractivity contribution in [2.75, 3.05) is 11.4 Å². The fraction of sp³-hybridized carbons (Fsp3) is 0.321. The van der Waals surface area contributed by atoms with Gasteiger partial charge in [0.05, 0.1) is 18.1 Å². The molecule has 8 heteroatoms. The van der Waals surface area contributed by atoms with Crippen LogP contribution < -0.4 is 4.90 Å². The molecule has 1 atom stereocenters. The third-order valence-corrected chi connectivity index (χ3v) is 6.77. The zero-order chi connectivity index (χ0) is 25.1. The van der Waals surface area contributed by atoms with E-state index in [4.69, 9.17) is 0 Å². The van der Waals surface area contributed by atoms with Crippen molar-refractivity contribution in [1.29, 1.82) is 0 Å². The first-order valence-electron chi connectivity index (χ1n) is 12.2. The summed E-state index contributed by atoms with van der Waals surface area (Å²) in [5, 5.41) is 0. The second kappa shape index (κ2) is 10.1. The fourth-order valence-corrected chi connectivity index (χ4v) is 4.80. The molecule has 36 heavy (non-hydrogen) atoms. The molecule has 1 aliphatic rings. The van der Waals surface area contributed by atoms with Crippen molar-refractivity contribution in [2.45, 2.75) is 51.1 Å². The maximum atomic E-state index is 15.5. The third kappa shape index (κ3) is 5.27. The van der Waals surface area contributed by atoms with E-state index in [1.807, 2.05) is 15.7 Å². The van der Waals surface area contributed by atoms with Crippen LogP contribution in [-0.4, -0.2) is 26.1 Å². The molecule has 186 valence electrons. The number of nitrogens with zero attached hydrogens (tertiary/aromatic N) is 5. The molecule has 2 aromatic heterocycles. The van der Waals surface area contributed by atoms with Gasteiger partial charge in [-0.15, -0.1) is 0 Å². The van der Waals surface area contributed by atoms with Gasteiger partial charge >= 0.3 is 0 Å². The highest BCUT2D eigenvalue weighted by molar-refractivity contribution is 5.46. The van der Waals surface area contributed by atoms with Gasteiger partial charge in [0, 0.05) is 38.0 Å². The van der Waals surface area contributed by atoms with Crippen molar-refractivity contribution in [3.8, 4) is 0 Å². The Kier molecular flexibility index (Phi) is 6.76. The molecule has 5 nitrogen and oxygen atoms in total. The Hall–Kier alpha value is -3.68. The quantitative estimate of drug-likeness (QED) is 0.299. The van der Waals surface area contributed by atoms with Gasteiger partial charge in [-0.1, -0.05) is 48.5 Å². The highest BCUT2D eigenvalue weighted by Gasteiger charge is 2.31. The largest absolute Gasteiger partial charge is 0.347 e. The van der Waals surface area contributed by atoms with Crippen LogP contribution in [0, 0.1) is 5.82 Å². The molecule has 0 N–H and O–H groups in total. The molecular formula is C28H28F3N5. The van der Waals surface area contributed by atoms with Crippen LogP contribution in [-0.2, 0) is 25.3 Å². The van der Waals surface area contributed by atoms with Gasteiger partial charge in [0.25, 0.3) is 5.92 Å². The zero-order valence-corrected chi connectivity index (χ0v) is 20.1. The van der Waals surface area contributed by atoms with E-state index in [2.05, 4.69) is 39.2 Å². The van der Waals surface area contributed by atoms with Crippen molar-refractivity contribution >= 4 is 5.82 Å². The second-order valence-corrected chi connectivity index (χ2v) is 9.37. The van der Waals surface area contributed by atoms with E-state index >= 15 is 4.39 Å². The van der Waals surface area contributed by atoms with Crippen LogP contribution in [0.2, 0.25) is 0 Å². The molecule has 0 spiro atoms. The molecule has 1 unspecified atom stereocenters. The van der Waals surface area contributed by atoms with E-state index in [1.165, 1.54) is 24.0 Å². The van der Waals surface area contributed by atoms with Crippen molar-refractivity contribution in [2.24, 2.45) is 0 Å². The Balaban J connectivity index is 1.28. The molecule has 3 heterocycles. The molecule has 2 aromatic carbocycles. The Morgan fingerprint density at radius 2 is 1.72 bits per heavy atom. The van der Waals surface area contributed by atoms with E-state index in [1.54, 1.807) is 24.7 Å². The number of imidazole rings is 1. The van der Waals surface area contributed by atoms with E-state index in [-0.39, 0.29) is 17.4 Å². The van der Waals surface area contributed by atoms with Crippen molar-refractivity contribution in [3.05, 3.63) is 107 Å². The number of alkyl halides is 2. The van der Waals surface area contributed by atoms with Gasteiger partial charge < -0.3 is 9.47 Å². The highest BCUT2D eigenvalue weighted by atomic mass is 19.3. The minimum Gasteiger partial charge on any atom is -0.347 e. The van der Waals surface area contributed by atoms with Crippen LogP contribution in [0.5, 0.6) is 0 Å². The summed E-state index contributed by atoms with van der Waals surface area (Å²) >= 11 is 0. The smallest absolute Gasteiger partial charge is 0.270 e. The first-order chi connectivity index (χ1) is 17.4. The minimum atomic E-state index is -2.89. The number of benzene rings is 2. The van der Waals surface area contributed by atoms with E-state index < -0.39 is 11.7 Å². The molecule has 0 saturated carbocycles. The molecule has 1 saturated heterocycles. The third-order valence-electron chi connectivity index (χ3n) is 6.77. The van der Waals surface area contributed by atoms with Crippen LogP contribution in [0.1, 0.15) is 53.8 Å². The summed E-state index contributed by atoms with van der Waals surface area (Å²) < 4.78 is 44.8. The number of rotatable bonds is 8. The van der Waals surface area contributed by atoms with Gasteiger partial charge in [0.2, 0.25) is 0 Å². The molecule has 1 fully saturated rings. The first kappa shape index (κ1) is 24.0. The van der Waals surface area contributed by atoms with Crippen LogP contribution in [0.25, 0.3) is 0 Å². The van der Waals surface area contributed by atoms with Gasteiger partial charge in [0.15, 0.2) is 11.6 Å². The van der Waals surface area contributed by atoms with E-state index in [0.29, 0.717) is 25.1 Å². The molecule has 0 bridgehead atoms. The Bertz CT molecular complexity index is 1280. The fourth-order valence-electron chi connectivity index (χ4n) is 4.80. The Labute approximate surface area is 208 Å². The predicted molar refractivity (Wildman–Crippen MR) is 132 cm³/mol. The molecule has 4 aromatic rings. The average Bonchev–Trinajstić information content (AvgIpc) is 3.56. The maximum absolute atomic E-state index is 15.5. The molecule has 0 amide bonds. The average molecular weight is 492 g/mol. The summed E-state index contributed by atoms with van der Waals surface area (Å²) in [7, 11) is 0. The lowest BCUT2D eigenvalue weighted by atomic mass is 10.0. The molecule has 1 aliphatic heterocycles. The topological polar surface area (TPSA) is 46.8 Å². The first-order valence-corrected chi connectivity index (χ1v) is 12.2. The van der Waals surface area contributed by atoms with Gasteiger partial charge in [0.1, 0.15) is 6.33 Å². The van der Waals surface area contributed by atoms with E-state index in [9.17, 15) is 8.78 Å². The Morgan fingerprint density at radius 1 is 0.972 bits per heavy atom. The second-order valence-electron chi connectivity index (χ2n) is 9.37. The number of aromatic nitrogens is 4. The summed E-state index contributed by atoms with van der Waals surface area (Å²) in [6.45, 7) is 2.30. The van der Waals surface area contributed by atoms with Gasteiger partial charge in [-0.2, -0.15) is 0 Å². The lowest BCUT2D eigenvalue weighted by Crippen LogP contribution is -2.25. The zero-order valence-electron chi connectivity index (χ0n) is 20.1. The van der Waals surface area contributed by atoms with Crippen LogP contribution in [0.4, 0.5) is 19.0 Å². The number of anilines is 1. The summed E-state index contributed by atoms with van der Waals surface area (Å²) in [5.74, 6) is -3.01. The molecule has 5 rings (SSSR count). The van der Waals surface area contributed by atoms with Crippen LogP contribution in [0.15, 0.2) is 73.6 Å². The molecule has 0 radical (unpaired) electrons. The maximum Gasteiger partial charge on any atom is 0.270 e. The lowest BCUT2D eigenvalue weighted by molar-refractivity contribution is 0.0174. The SMILES string of the molecule is CC(F)(F)c1ccc(C2CCCN2c2ncnc(CCc3ccc(Cn4ccnc4)cc3)c2F)cc1. The summed E-state index contributed by atoms with van der Waals surface area (Å²) in [5.41, 5.74) is 3.52. The summed E-state index contributed by atoms with van der Waals surface area (Å²) in [6.07, 6.45) is 9.69. The normalized spacial score (nSPS) is 16.0. The monoisotopic (exact) mass is 491 g/mol. The van der Waals surface area contributed by atoms with Crippen LogP contribution >= 0.6 is 0 Å². The Morgan fingerprint density at radius 3 is 2.42 bits per heavy atom. The lowest BCUT2D eigenvalue weighted by Gasteiger charge is -2.27. The summed E-state index contributed by atoms with van der Waals surface area (Å²) in [6, 6.07) is 14.5. The van der Waals surface area contributed by atoms with Crippen molar-refractivity contribution in [1.82, 2.24) is 19.5 Å². The number of halogens is 3. The standard InChI is InChI=1S/C28H28F3N5/c1-28(30,31)23-11-9-22(10-12-23)25-3-2-15-36(25)27-26(29)24(33-18-34-27)13-8-20-4-6-21(7-5-20)17-35-16-14-32-19-35/h4-7,9-12,14,16,18-19,25H,2-3,8,13,15,17H2,1H3. The highest BCUT2D eigenvalue weighted by Crippen LogP contribution is 2.37. The number of hydrogen-bond donors (Lipinski definition) is 0. The van der Waals surface area contributed by atoms with Crippen molar-refractivity contribution < 1.29 is 13.2 Å². The predicted octanol–water partition coefficient (Wildman–Crippen LogP) is 6.10. The number of aryl methyl sites for hydroxylation is 2.